The molecule has 1 fully saturated rings. The van der Waals surface area contributed by atoms with Gasteiger partial charge in [0.15, 0.2) is 0 Å². The number of benzene rings is 1. The molecule has 1 aromatic rings. The molecule has 0 saturated heterocycles. The molecule has 3 heteroatoms. The molecule has 0 heterocycles. The Bertz CT molecular complexity index is 488. The molecule has 1 N–H and O–H groups in total. The average molecular weight is 369 g/mol. The Labute approximate surface area is 129 Å². The van der Waals surface area contributed by atoms with Crippen LogP contribution < -0.4 is 0 Å². The van der Waals surface area contributed by atoms with Crippen molar-refractivity contribution in [3.05, 3.63) is 33.4 Å². The van der Waals surface area contributed by atoms with Crippen LogP contribution >= 0.6 is 22.6 Å². The molecule has 2 rings (SSSR count). The van der Waals surface area contributed by atoms with Crippen LogP contribution in [0, 0.1) is 26.2 Å². The van der Waals surface area contributed by atoms with E-state index in [2.05, 4.69) is 35.6 Å². The van der Waals surface area contributed by atoms with Crippen molar-refractivity contribution >= 4 is 22.6 Å². The third-order valence-corrected chi connectivity index (χ3v) is 5.27. The van der Waals surface area contributed by atoms with E-state index >= 15 is 0 Å². The quantitative estimate of drug-likeness (QED) is 0.794. The third-order valence-electron chi connectivity index (χ3n) is 4.55. The van der Waals surface area contributed by atoms with Gasteiger partial charge in [0, 0.05) is 3.57 Å². The number of halogens is 1. The first-order valence-electron chi connectivity index (χ1n) is 6.81. The van der Waals surface area contributed by atoms with Gasteiger partial charge in [0.2, 0.25) is 0 Å². The molecule has 1 aliphatic carbocycles. The maximum absolute atomic E-state index is 11.0. The fourth-order valence-corrected chi connectivity index (χ4v) is 3.61. The second-order valence-corrected chi connectivity index (χ2v) is 7.22. The van der Waals surface area contributed by atoms with Crippen LogP contribution in [-0.2, 0) is 5.60 Å². The van der Waals surface area contributed by atoms with Gasteiger partial charge in [0.25, 0.3) is 0 Å². The van der Waals surface area contributed by atoms with Crippen molar-refractivity contribution in [3.63, 3.8) is 0 Å². The van der Waals surface area contributed by atoms with Crippen molar-refractivity contribution in [1.82, 2.24) is 0 Å². The molecule has 0 aliphatic heterocycles. The number of rotatable bonds is 2. The standard InChI is InChI=1S/C16H20INO/c1-12-4-3-9-16(10-12,11-18)15(2,19)13-5-7-14(17)8-6-13/h5-8,12,19H,3-4,9-10H2,1-2H3. The van der Waals surface area contributed by atoms with Crippen molar-refractivity contribution in [3.8, 4) is 6.07 Å². The van der Waals surface area contributed by atoms with Crippen LogP contribution in [0.4, 0.5) is 0 Å². The monoisotopic (exact) mass is 369 g/mol. The second-order valence-electron chi connectivity index (χ2n) is 5.97. The highest BCUT2D eigenvalue weighted by molar-refractivity contribution is 14.1. The smallest absolute Gasteiger partial charge is 0.105 e. The fraction of sp³-hybridized carbons (Fsp3) is 0.562. The molecular weight excluding hydrogens is 349 g/mol. The van der Waals surface area contributed by atoms with Crippen LogP contribution in [0.2, 0.25) is 0 Å². The Morgan fingerprint density at radius 2 is 2.05 bits per heavy atom. The largest absolute Gasteiger partial charge is 0.384 e. The predicted molar refractivity (Wildman–Crippen MR) is 84.4 cm³/mol. The van der Waals surface area contributed by atoms with Crippen molar-refractivity contribution in [1.29, 1.82) is 5.26 Å². The SMILES string of the molecule is CC1CCCC(C#N)(C(C)(O)c2ccc(I)cc2)C1. The van der Waals surface area contributed by atoms with Crippen LogP contribution in [0.25, 0.3) is 0 Å². The van der Waals surface area contributed by atoms with Gasteiger partial charge < -0.3 is 5.11 Å². The molecule has 0 bridgehead atoms. The number of nitriles is 1. The third kappa shape index (κ3) is 2.66. The summed E-state index contributed by atoms with van der Waals surface area (Å²) >= 11 is 2.25. The molecule has 3 atom stereocenters. The minimum absolute atomic E-state index is 0.503. The van der Waals surface area contributed by atoms with E-state index < -0.39 is 11.0 Å². The normalized spacial score (nSPS) is 30.4. The molecule has 0 amide bonds. The van der Waals surface area contributed by atoms with Crippen molar-refractivity contribution in [2.75, 3.05) is 0 Å². The van der Waals surface area contributed by atoms with E-state index in [0.29, 0.717) is 5.92 Å². The second kappa shape index (κ2) is 5.41. The van der Waals surface area contributed by atoms with E-state index in [1.807, 2.05) is 24.3 Å². The van der Waals surface area contributed by atoms with Gasteiger partial charge in [0.05, 0.1) is 11.5 Å². The zero-order valence-corrected chi connectivity index (χ0v) is 13.6. The van der Waals surface area contributed by atoms with Gasteiger partial charge in [-0.3, -0.25) is 0 Å². The van der Waals surface area contributed by atoms with Crippen molar-refractivity contribution in [2.45, 2.75) is 45.1 Å². The number of aliphatic hydroxyl groups is 1. The molecule has 1 saturated carbocycles. The average Bonchev–Trinajstić information content (AvgIpc) is 2.39. The Balaban J connectivity index is 2.41. The highest BCUT2D eigenvalue weighted by Crippen LogP contribution is 2.50. The summed E-state index contributed by atoms with van der Waals surface area (Å²) in [5.41, 5.74) is -0.887. The summed E-state index contributed by atoms with van der Waals surface area (Å²) in [5.74, 6) is 0.503. The molecule has 2 nitrogen and oxygen atoms in total. The molecule has 0 aromatic heterocycles. The summed E-state index contributed by atoms with van der Waals surface area (Å²) in [5, 5.41) is 20.7. The molecule has 0 spiro atoms. The van der Waals surface area contributed by atoms with E-state index in [0.717, 1.165) is 34.8 Å². The lowest BCUT2D eigenvalue weighted by Crippen LogP contribution is -2.45. The van der Waals surface area contributed by atoms with E-state index in [-0.39, 0.29) is 0 Å². The fourth-order valence-electron chi connectivity index (χ4n) is 3.25. The van der Waals surface area contributed by atoms with Gasteiger partial charge in [-0.05, 0) is 66.0 Å². The van der Waals surface area contributed by atoms with Crippen molar-refractivity contribution in [2.24, 2.45) is 11.3 Å². The van der Waals surface area contributed by atoms with Crippen LogP contribution in [-0.4, -0.2) is 5.11 Å². The van der Waals surface area contributed by atoms with Gasteiger partial charge in [-0.2, -0.15) is 5.26 Å². The molecule has 102 valence electrons. The first-order valence-corrected chi connectivity index (χ1v) is 7.89. The lowest BCUT2D eigenvalue weighted by Gasteiger charge is -2.45. The molecule has 1 aliphatic rings. The zero-order chi connectivity index (χ0) is 14.1. The first-order chi connectivity index (χ1) is 8.91. The van der Waals surface area contributed by atoms with E-state index in [1.54, 1.807) is 6.92 Å². The van der Waals surface area contributed by atoms with Crippen LogP contribution in [0.1, 0.15) is 45.1 Å². The summed E-state index contributed by atoms with van der Waals surface area (Å²) in [6.45, 7) is 3.98. The van der Waals surface area contributed by atoms with Gasteiger partial charge in [0.1, 0.15) is 5.60 Å². The molecule has 1 aromatic carbocycles. The number of nitrogens with zero attached hydrogens (tertiary/aromatic N) is 1. The highest BCUT2D eigenvalue weighted by Gasteiger charge is 2.50. The van der Waals surface area contributed by atoms with Gasteiger partial charge >= 0.3 is 0 Å². The number of hydrogen-bond acceptors (Lipinski definition) is 2. The van der Waals surface area contributed by atoms with Gasteiger partial charge in [-0.25, -0.2) is 0 Å². The molecular formula is C16H20INO. The van der Waals surface area contributed by atoms with E-state index in [1.165, 1.54) is 0 Å². The lowest BCUT2D eigenvalue weighted by molar-refractivity contribution is -0.0720. The molecule has 19 heavy (non-hydrogen) atoms. The Morgan fingerprint density at radius 1 is 1.42 bits per heavy atom. The van der Waals surface area contributed by atoms with Gasteiger partial charge in [-0.15, -0.1) is 0 Å². The Hall–Kier alpha value is -0.600. The van der Waals surface area contributed by atoms with Crippen LogP contribution in [0.15, 0.2) is 24.3 Å². The summed E-state index contributed by atoms with van der Waals surface area (Å²) in [4.78, 5) is 0. The summed E-state index contributed by atoms with van der Waals surface area (Å²) in [7, 11) is 0. The maximum atomic E-state index is 11.0. The summed E-state index contributed by atoms with van der Waals surface area (Å²) in [6.07, 6.45) is 3.75. The Morgan fingerprint density at radius 3 is 2.58 bits per heavy atom. The van der Waals surface area contributed by atoms with E-state index in [4.69, 9.17) is 0 Å². The minimum atomic E-state index is -1.08. The predicted octanol–water partition coefficient (Wildman–Crippen LogP) is 4.22. The first kappa shape index (κ1) is 14.8. The summed E-state index contributed by atoms with van der Waals surface area (Å²) < 4.78 is 1.14. The number of hydrogen-bond donors (Lipinski definition) is 1. The zero-order valence-electron chi connectivity index (χ0n) is 11.5. The molecule has 0 radical (unpaired) electrons. The van der Waals surface area contributed by atoms with Gasteiger partial charge in [-0.1, -0.05) is 31.9 Å². The minimum Gasteiger partial charge on any atom is -0.384 e. The molecule has 3 unspecified atom stereocenters. The highest BCUT2D eigenvalue weighted by atomic mass is 127. The lowest BCUT2D eigenvalue weighted by atomic mass is 9.60. The van der Waals surface area contributed by atoms with E-state index in [9.17, 15) is 10.4 Å². The summed E-state index contributed by atoms with van der Waals surface area (Å²) in [6, 6.07) is 10.3. The van der Waals surface area contributed by atoms with Crippen molar-refractivity contribution < 1.29 is 5.11 Å². The van der Waals surface area contributed by atoms with Crippen LogP contribution in [0.5, 0.6) is 0 Å². The maximum Gasteiger partial charge on any atom is 0.105 e. The Kier molecular flexibility index (Phi) is 4.22. The topological polar surface area (TPSA) is 44.0 Å². The van der Waals surface area contributed by atoms with Crippen LogP contribution in [0.3, 0.4) is 0 Å².